The molecular formula is C17H16O4. The number of hydrogen-bond donors (Lipinski definition) is 0. The van der Waals surface area contributed by atoms with E-state index >= 15 is 0 Å². The van der Waals surface area contributed by atoms with Crippen LogP contribution in [0.2, 0.25) is 0 Å². The van der Waals surface area contributed by atoms with Crippen LogP contribution in [0.5, 0.6) is 11.5 Å². The summed E-state index contributed by atoms with van der Waals surface area (Å²) in [6, 6.07) is 13.4. The molecule has 108 valence electrons. The van der Waals surface area contributed by atoms with Crippen LogP contribution in [0.4, 0.5) is 0 Å². The lowest BCUT2D eigenvalue weighted by Crippen LogP contribution is -2.14. The molecule has 21 heavy (non-hydrogen) atoms. The third-order valence-corrected chi connectivity index (χ3v) is 2.72. The van der Waals surface area contributed by atoms with Gasteiger partial charge in [0.05, 0.1) is 11.7 Å². The normalized spacial score (nSPS) is 10.2. The molecule has 0 saturated heterocycles. The molecule has 2 aromatic rings. The van der Waals surface area contributed by atoms with Gasteiger partial charge in [0.15, 0.2) is 6.29 Å². The minimum absolute atomic E-state index is 0.0544. The van der Waals surface area contributed by atoms with E-state index in [1.807, 2.05) is 13.8 Å². The van der Waals surface area contributed by atoms with Gasteiger partial charge in [0.2, 0.25) is 0 Å². The summed E-state index contributed by atoms with van der Waals surface area (Å²) in [5.41, 5.74) is 0.653. The summed E-state index contributed by atoms with van der Waals surface area (Å²) in [7, 11) is 0. The molecule has 0 unspecified atom stereocenters. The van der Waals surface area contributed by atoms with Crippen LogP contribution in [0.3, 0.4) is 0 Å². The van der Waals surface area contributed by atoms with E-state index in [0.29, 0.717) is 23.2 Å². The summed E-state index contributed by atoms with van der Waals surface area (Å²) in [4.78, 5) is 23.2. The highest BCUT2D eigenvalue weighted by atomic mass is 16.5. The molecule has 0 fully saturated rings. The van der Waals surface area contributed by atoms with Crippen molar-refractivity contribution in [2.75, 3.05) is 0 Å². The van der Waals surface area contributed by atoms with Gasteiger partial charge in [-0.05, 0) is 38.1 Å². The van der Waals surface area contributed by atoms with Gasteiger partial charge in [-0.3, -0.25) is 4.79 Å². The quantitative estimate of drug-likeness (QED) is 0.479. The third kappa shape index (κ3) is 3.69. The van der Waals surface area contributed by atoms with Gasteiger partial charge in [0.1, 0.15) is 17.1 Å². The van der Waals surface area contributed by atoms with Crippen LogP contribution < -0.4 is 9.47 Å². The monoisotopic (exact) mass is 284 g/mol. The zero-order valence-corrected chi connectivity index (χ0v) is 11.9. The Labute approximate surface area is 123 Å². The second kappa shape index (κ2) is 6.70. The van der Waals surface area contributed by atoms with Crippen molar-refractivity contribution in [2.24, 2.45) is 0 Å². The smallest absolute Gasteiger partial charge is 0.347 e. The maximum Gasteiger partial charge on any atom is 0.347 e. The highest BCUT2D eigenvalue weighted by Crippen LogP contribution is 2.23. The topological polar surface area (TPSA) is 52.6 Å². The lowest BCUT2D eigenvalue weighted by atomic mass is 10.2. The van der Waals surface area contributed by atoms with Crippen molar-refractivity contribution in [1.82, 2.24) is 0 Å². The van der Waals surface area contributed by atoms with Gasteiger partial charge in [-0.2, -0.15) is 0 Å². The largest absolute Gasteiger partial charge is 0.490 e. The SMILES string of the molecule is CC(C)Oc1ccccc1C(=O)Oc1ccccc1C=O. The van der Waals surface area contributed by atoms with Gasteiger partial charge >= 0.3 is 5.97 Å². The molecular weight excluding hydrogens is 268 g/mol. The molecule has 2 rings (SSSR count). The van der Waals surface area contributed by atoms with Crippen molar-refractivity contribution in [3.63, 3.8) is 0 Å². The zero-order chi connectivity index (χ0) is 15.2. The molecule has 2 aromatic carbocycles. The molecule has 0 amide bonds. The highest BCUT2D eigenvalue weighted by molar-refractivity contribution is 5.95. The number of ether oxygens (including phenoxy) is 2. The Kier molecular flexibility index (Phi) is 4.72. The fraction of sp³-hybridized carbons (Fsp3) is 0.176. The van der Waals surface area contributed by atoms with E-state index in [2.05, 4.69) is 0 Å². The Morgan fingerprint density at radius 1 is 1.00 bits per heavy atom. The maximum absolute atomic E-state index is 12.3. The second-order valence-electron chi connectivity index (χ2n) is 4.71. The summed E-state index contributed by atoms with van der Waals surface area (Å²) in [6.45, 7) is 3.76. The van der Waals surface area contributed by atoms with Crippen LogP contribution >= 0.6 is 0 Å². The maximum atomic E-state index is 12.3. The first-order valence-corrected chi connectivity index (χ1v) is 6.64. The zero-order valence-electron chi connectivity index (χ0n) is 11.9. The summed E-state index contributed by atoms with van der Waals surface area (Å²) in [6.07, 6.45) is 0.597. The van der Waals surface area contributed by atoms with Crippen LogP contribution in [0.25, 0.3) is 0 Å². The van der Waals surface area contributed by atoms with Crippen LogP contribution in [0.1, 0.15) is 34.6 Å². The van der Waals surface area contributed by atoms with Crippen molar-refractivity contribution in [1.29, 1.82) is 0 Å². The number of benzene rings is 2. The minimum atomic E-state index is -0.555. The molecule has 0 saturated carbocycles. The molecule has 0 atom stereocenters. The Morgan fingerprint density at radius 3 is 2.29 bits per heavy atom. The van der Waals surface area contributed by atoms with Gasteiger partial charge in [0.25, 0.3) is 0 Å². The van der Waals surface area contributed by atoms with E-state index in [9.17, 15) is 9.59 Å². The number of carbonyl (C=O) groups excluding carboxylic acids is 2. The van der Waals surface area contributed by atoms with E-state index in [1.165, 1.54) is 0 Å². The Hall–Kier alpha value is -2.62. The van der Waals surface area contributed by atoms with Crippen LogP contribution in [0, 0.1) is 0 Å². The second-order valence-corrected chi connectivity index (χ2v) is 4.71. The predicted octanol–water partition coefficient (Wildman–Crippen LogP) is 3.51. The molecule has 0 aliphatic rings. The summed E-state index contributed by atoms with van der Waals surface area (Å²) in [5, 5.41) is 0. The first-order chi connectivity index (χ1) is 10.1. The van der Waals surface area contributed by atoms with Gasteiger partial charge < -0.3 is 9.47 Å². The minimum Gasteiger partial charge on any atom is -0.490 e. The van der Waals surface area contributed by atoms with Crippen LogP contribution in [-0.4, -0.2) is 18.4 Å². The third-order valence-electron chi connectivity index (χ3n) is 2.72. The first kappa shape index (κ1) is 14.8. The van der Waals surface area contributed by atoms with E-state index in [0.717, 1.165) is 0 Å². The lowest BCUT2D eigenvalue weighted by Gasteiger charge is -2.13. The van der Waals surface area contributed by atoms with Gasteiger partial charge in [0, 0.05) is 0 Å². The van der Waals surface area contributed by atoms with Crippen molar-refractivity contribution in [2.45, 2.75) is 20.0 Å². The van der Waals surface area contributed by atoms with Crippen molar-refractivity contribution >= 4 is 12.3 Å². The fourth-order valence-corrected chi connectivity index (χ4v) is 1.82. The average Bonchev–Trinajstić information content (AvgIpc) is 2.47. The van der Waals surface area contributed by atoms with Crippen molar-refractivity contribution in [3.05, 3.63) is 59.7 Å². The molecule has 0 spiro atoms. The number of para-hydroxylation sites is 2. The summed E-state index contributed by atoms with van der Waals surface area (Å²) >= 11 is 0. The molecule has 0 heterocycles. The predicted molar refractivity (Wildman–Crippen MR) is 79.0 cm³/mol. The van der Waals surface area contributed by atoms with E-state index < -0.39 is 5.97 Å². The van der Waals surface area contributed by atoms with E-state index in [1.54, 1.807) is 48.5 Å². The molecule has 0 aromatic heterocycles. The molecule has 0 aliphatic carbocycles. The van der Waals surface area contributed by atoms with E-state index in [4.69, 9.17) is 9.47 Å². The molecule has 4 nitrogen and oxygen atoms in total. The van der Waals surface area contributed by atoms with Crippen molar-refractivity contribution < 1.29 is 19.1 Å². The van der Waals surface area contributed by atoms with Gasteiger partial charge in [-0.25, -0.2) is 4.79 Å². The highest BCUT2D eigenvalue weighted by Gasteiger charge is 2.16. The number of esters is 1. The van der Waals surface area contributed by atoms with Crippen LogP contribution in [-0.2, 0) is 0 Å². The summed E-state index contributed by atoms with van der Waals surface area (Å²) < 4.78 is 10.9. The van der Waals surface area contributed by atoms with Crippen LogP contribution in [0.15, 0.2) is 48.5 Å². The standard InChI is InChI=1S/C17H16O4/c1-12(2)20-16-10-6-4-8-14(16)17(19)21-15-9-5-3-7-13(15)11-18/h3-12H,1-2H3. The molecule has 4 heteroatoms. The average molecular weight is 284 g/mol. The molecule has 0 N–H and O–H groups in total. The number of aldehydes is 1. The summed E-state index contributed by atoms with van der Waals surface area (Å²) in [5.74, 6) is 0.137. The van der Waals surface area contributed by atoms with Gasteiger partial charge in [-0.1, -0.05) is 24.3 Å². The Morgan fingerprint density at radius 2 is 1.62 bits per heavy atom. The van der Waals surface area contributed by atoms with E-state index in [-0.39, 0.29) is 11.9 Å². The first-order valence-electron chi connectivity index (χ1n) is 6.64. The number of carbonyl (C=O) groups is 2. The number of hydrogen-bond acceptors (Lipinski definition) is 4. The Bertz CT molecular complexity index is 647. The molecule has 0 aliphatic heterocycles. The van der Waals surface area contributed by atoms with Gasteiger partial charge in [-0.15, -0.1) is 0 Å². The fourth-order valence-electron chi connectivity index (χ4n) is 1.82. The molecule has 0 bridgehead atoms. The molecule has 0 radical (unpaired) electrons. The Balaban J connectivity index is 2.26. The number of rotatable bonds is 5. The lowest BCUT2D eigenvalue weighted by molar-refractivity contribution is 0.0727. The van der Waals surface area contributed by atoms with Crippen molar-refractivity contribution in [3.8, 4) is 11.5 Å².